The lowest BCUT2D eigenvalue weighted by Gasteiger charge is -2.27. The molecule has 29 heavy (non-hydrogen) atoms. The first kappa shape index (κ1) is 23.3. The van der Waals surface area contributed by atoms with Gasteiger partial charge in [-0.15, -0.1) is 0 Å². The van der Waals surface area contributed by atoms with Crippen molar-refractivity contribution in [3.8, 4) is 0 Å². The van der Waals surface area contributed by atoms with Gasteiger partial charge < -0.3 is 4.90 Å². The van der Waals surface area contributed by atoms with Crippen LogP contribution in [-0.4, -0.2) is 52.6 Å². The Hall–Kier alpha value is -1.98. The maximum absolute atomic E-state index is 12.6. The molecule has 11 heteroatoms. The Morgan fingerprint density at radius 3 is 2.17 bits per heavy atom. The van der Waals surface area contributed by atoms with E-state index < -0.39 is 32.0 Å². The summed E-state index contributed by atoms with van der Waals surface area (Å²) in [5.74, 6) is -0.460. The van der Waals surface area contributed by atoms with Crippen molar-refractivity contribution in [2.75, 3.05) is 20.6 Å². The third kappa shape index (κ3) is 5.55. The van der Waals surface area contributed by atoms with E-state index in [0.29, 0.717) is 10.6 Å². The molecule has 0 aromatic heterocycles. The highest BCUT2D eigenvalue weighted by Crippen LogP contribution is 2.22. The number of nitrogens with two attached hydrogens (primary N) is 1. The minimum atomic E-state index is -3.88. The highest BCUT2D eigenvalue weighted by atomic mass is 35.5. The van der Waals surface area contributed by atoms with Crippen molar-refractivity contribution < 1.29 is 21.6 Å². The molecule has 0 bridgehead atoms. The quantitative estimate of drug-likeness (QED) is 0.677. The predicted octanol–water partition coefficient (Wildman–Crippen LogP) is 1.83. The second kappa shape index (κ2) is 8.80. The summed E-state index contributed by atoms with van der Waals surface area (Å²) in [7, 11) is -4.93. The van der Waals surface area contributed by atoms with E-state index in [2.05, 4.69) is 0 Å². The second-order valence-electron chi connectivity index (χ2n) is 6.51. The van der Waals surface area contributed by atoms with Crippen LogP contribution < -0.4 is 5.14 Å². The molecule has 2 N–H and O–H groups in total. The number of hydrogen-bond acceptors (Lipinski definition) is 5. The minimum absolute atomic E-state index is 0.0220. The third-order valence-corrected chi connectivity index (χ3v) is 7.50. The van der Waals surface area contributed by atoms with Gasteiger partial charge in [-0.1, -0.05) is 23.7 Å². The maximum atomic E-state index is 12.6. The van der Waals surface area contributed by atoms with Gasteiger partial charge in [-0.3, -0.25) is 4.79 Å². The van der Waals surface area contributed by atoms with Crippen LogP contribution in [0.2, 0.25) is 5.02 Å². The molecule has 1 amide bonds. The molecular formula is C18H22ClN3O5S2. The van der Waals surface area contributed by atoms with Crippen molar-refractivity contribution >= 4 is 37.6 Å². The number of primary sulfonamides is 1. The van der Waals surface area contributed by atoms with Gasteiger partial charge in [-0.05, 0) is 48.9 Å². The first-order chi connectivity index (χ1) is 13.3. The lowest BCUT2D eigenvalue weighted by atomic mass is 10.1. The summed E-state index contributed by atoms with van der Waals surface area (Å²) < 4.78 is 49.3. The molecule has 0 aliphatic heterocycles. The van der Waals surface area contributed by atoms with E-state index >= 15 is 0 Å². The topological polar surface area (TPSA) is 118 Å². The van der Waals surface area contributed by atoms with Crippen LogP contribution in [0, 0.1) is 0 Å². The van der Waals surface area contributed by atoms with Gasteiger partial charge in [-0.2, -0.15) is 4.31 Å². The van der Waals surface area contributed by atoms with Crippen molar-refractivity contribution in [2.45, 2.75) is 22.8 Å². The van der Waals surface area contributed by atoms with E-state index in [1.165, 1.54) is 61.5 Å². The molecule has 158 valence electrons. The third-order valence-electron chi connectivity index (χ3n) is 4.52. The molecule has 0 saturated heterocycles. The Kier molecular flexibility index (Phi) is 7.07. The largest absolute Gasteiger partial charge is 0.338 e. The first-order valence-electron chi connectivity index (χ1n) is 8.44. The normalized spacial score (nSPS) is 13.3. The Morgan fingerprint density at radius 2 is 1.62 bits per heavy atom. The van der Waals surface area contributed by atoms with E-state index in [4.69, 9.17) is 16.7 Å². The van der Waals surface area contributed by atoms with Crippen LogP contribution in [0.3, 0.4) is 0 Å². The van der Waals surface area contributed by atoms with Crippen LogP contribution in [0.1, 0.15) is 18.5 Å². The van der Waals surface area contributed by atoms with Crippen LogP contribution in [0.4, 0.5) is 0 Å². The highest BCUT2D eigenvalue weighted by molar-refractivity contribution is 7.89. The zero-order chi connectivity index (χ0) is 22.0. The van der Waals surface area contributed by atoms with Crippen molar-refractivity contribution in [1.29, 1.82) is 0 Å². The molecule has 1 atom stereocenters. The summed E-state index contributed by atoms with van der Waals surface area (Å²) in [6.45, 7) is 1.31. The number of halogens is 1. The van der Waals surface area contributed by atoms with Gasteiger partial charge in [0, 0.05) is 19.1 Å². The van der Waals surface area contributed by atoms with E-state index in [1.54, 1.807) is 13.0 Å². The molecule has 0 aliphatic rings. The van der Waals surface area contributed by atoms with Gasteiger partial charge in [0.1, 0.15) is 0 Å². The summed E-state index contributed by atoms with van der Waals surface area (Å²) in [4.78, 5) is 13.9. The van der Waals surface area contributed by atoms with Crippen molar-refractivity contribution in [2.24, 2.45) is 5.14 Å². The Morgan fingerprint density at radius 1 is 1.03 bits per heavy atom. The summed E-state index contributed by atoms with van der Waals surface area (Å²) in [6, 6.07) is 11.1. The monoisotopic (exact) mass is 459 g/mol. The summed E-state index contributed by atoms with van der Waals surface area (Å²) in [6.07, 6.45) is 0. The van der Waals surface area contributed by atoms with Crippen LogP contribution in [0.15, 0.2) is 58.3 Å². The summed E-state index contributed by atoms with van der Waals surface area (Å²) >= 11 is 5.78. The molecule has 2 aromatic carbocycles. The molecule has 8 nitrogen and oxygen atoms in total. The zero-order valence-corrected chi connectivity index (χ0v) is 18.5. The molecule has 0 aliphatic carbocycles. The van der Waals surface area contributed by atoms with E-state index in [-0.39, 0.29) is 16.3 Å². The Labute approximate surface area is 176 Å². The number of carbonyl (C=O) groups is 1. The van der Waals surface area contributed by atoms with Gasteiger partial charge in [0.2, 0.25) is 26.0 Å². The van der Waals surface area contributed by atoms with Crippen molar-refractivity contribution in [3.05, 3.63) is 59.1 Å². The van der Waals surface area contributed by atoms with E-state index in [9.17, 15) is 21.6 Å². The molecular weight excluding hydrogens is 438 g/mol. The highest BCUT2D eigenvalue weighted by Gasteiger charge is 2.26. The van der Waals surface area contributed by atoms with E-state index in [0.717, 1.165) is 4.31 Å². The van der Waals surface area contributed by atoms with Gasteiger partial charge in [0.05, 0.1) is 22.4 Å². The average molecular weight is 460 g/mol. The minimum Gasteiger partial charge on any atom is -0.338 e. The standard InChI is InChI=1S/C18H22ClN3O5S2/c1-13(14-5-4-6-17(11-14)28(20,24)25)22(3)18(23)12-21(2)29(26,27)16-9-7-15(19)8-10-16/h4-11,13H,12H2,1-3H3,(H2,20,24,25). The lowest BCUT2D eigenvalue weighted by Crippen LogP contribution is -2.40. The fourth-order valence-corrected chi connectivity index (χ4v) is 4.38. The van der Waals surface area contributed by atoms with Gasteiger partial charge in [0.25, 0.3) is 0 Å². The molecule has 0 fully saturated rings. The fourth-order valence-electron chi connectivity index (χ4n) is 2.56. The number of nitrogens with zero attached hydrogens (tertiary/aromatic N) is 2. The van der Waals surface area contributed by atoms with Crippen LogP contribution in [-0.2, 0) is 24.8 Å². The second-order valence-corrected chi connectivity index (χ2v) is 10.6. The van der Waals surface area contributed by atoms with Gasteiger partial charge in [0.15, 0.2) is 0 Å². The smallest absolute Gasteiger partial charge is 0.243 e. The van der Waals surface area contributed by atoms with Crippen LogP contribution in [0.5, 0.6) is 0 Å². The molecule has 0 heterocycles. The summed E-state index contributed by atoms with van der Waals surface area (Å²) in [5, 5.41) is 5.55. The molecule has 1 unspecified atom stereocenters. The maximum Gasteiger partial charge on any atom is 0.243 e. The molecule has 2 rings (SSSR count). The van der Waals surface area contributed by atoms with Crippen LogP contribution >= 0.6 is 11.6 Å². The average Bonchev–Trinajstić information content (AvgIpc) is 2.66. The van der Waals surface area contributed by atoms with Crippen molar-refractivity contribution in [3.63, 3.8) is 0 Å². The molecule has 0 radical (unpaired) electrons. The number of amides is 1. The number of carbonyl (C=O) groups excluding carboxylic acids is 1. The first-order valence-corrected chi connectivity index (χ1v) is 11.8. The molecule has 0 saturated carbocycles. The number of rotatable bonds is 7. The van der Waals surface area contributed by atoms with Gasteiger partial charge >= 0.3 is 0 Å². The SMILES string of the molecule is CC(c1cccc(S(N)(=O)=O)c1)N(C)C(=O)CN(C)S(=O)(=O)c1ccc(Cl)cc1. The molecule has 0 spiro atoms. The van der Waals surface area contributed by atoms with Crippen LogP contribution in [0.25, 0.3) is 0 Å². The molecule has 2 aromatic rings. The van der Waals surface area contributed by atoms with Crippen molar-refractivity contribution in [1.82, 2.24) is 9.21 Å². The lowest BCUT2D eigenvalue weighted by molar-refractivity contribution is -0.131. The summed E-state index contributed by atoms with van der Waals surface area (Å²) in [5.41, 5.74) is 0.551. The number of likely N-dealkylation sites (N-methyl/N-ethyl adjacent to an activating group) is 2. The number of benzene rings is 2. The fraction of sp³-hybridized carbons (Fsp3) is 0.278. The van der Waals surface area contributed by atoms with E-state index in [1.807, 2.05) is 0 Å². The zero-order valence-electron chi connectivity index (χ0n) is 16.1. The number of sulfonamides is 2. The number of hydrogen-bond donors (Lipinski definition) is 1. The Bertz CT molecular complexity index is 1100. The van der Waals surface area contributed by atoms with Gasteiger partial charge in [-0.25, -0.2) is 22.0 Å². The Balaban J connectivity index is 2.16. The predicted molar refractivity (Wildman–Crippen MR) is 110 cm³/mol.